The van der Waals surface area contributed by atoms with Gasteiger partial charge in [0.1, 0.15) is 0 Å². The van der Waals surface area contributed by atoms with Gasteiger partial charge in [-0.3, -0.25) is 9.69 Å². The van der Waals surface area contributed by atoms with Crippen LogP contribution < -0.4 is 5.32 Å². The lowest BCUT2D eigenvalue weighted by atomic mass is 10.00. The zero-order valence-electron chi connectivity index (χ0n) is 14.1. The molecule has 0 bridgehead atoms. The van der Waals surface area contributed by atoms with E-state index in [1.165, 1.54) is 31.5 Å². The summed E-state index contributed by atoms with van der Waals surface area (Å²) >= 11 is 0. The Balaban J connectivity index is 1.48. The van der Waals surface area contributed by atoms with Crippen LogP contribution in [0.5, 0.6) is 0 Å². The average molecular weight is 312 g/mol. The Kier molecular flexibility index (Phi) is 5.50. The van der Waals surface area contributed by atoms with Gasteiger partial charge < -0.3 is 5.32 Å². The number of hydrogen-bond donors (Lipinski definition) is 1. The van der Waals surface area contributed by atoms with Gasteiger partial charge in [-0.15, -0.1) is 0 Å². The molecule has 1 saturated heterocycles. The maximum Gasteiger partial charge on any atom is 0.224 e. The first kappa shape index (κ1) is 16.3. The molecule has 1 heterocycles. The molecule has 1 N–H and O–H groups in total. The van der Waals surface area contributed by atoms with Crippen molar-refractivity contribution in [2.45, 2.75) is 45.6 Å². The second kappa shape index (κ2) is 7.78. The highest BCUT2D eigenvalue weighted by atomic mass is 16.1. The van der Waals surface area contributed by atoms with Crippen molar-refractivity contribution in [1.29, 1.82) is 0 Å². The number of allylic oxidation sites excluding steroid dienone is 2. The number of amides is 1. The molecule has 0 aromatic heterocycles. The van der Waals surface area contributed by atoms with Gasteiger partial charge in [-0.1, -0.05) is 31.2 Å². The average Bonchev–Trinajstić information content (AvgIpc) is 3.02. The van der Waals surface area contributed by atoms with Crippen molar-refractivity contribution in [1.82, 2.24) is 4.90 Å². The SMILES string of the molecule is C[C@@H]1CCCN(Cc2ccc(NC(=O)C[C@H]3C=CCC3)cc2)C1. The number of nitrogens with one attached hydrogen (secondary N) is 1. The van der Waals surface area contributed by atoms with Gasteiger partial charge in [0.2, 0.25) is 5.91 Å². The Labute approximate surface area is 139 Å². The second-order valence-corrected chi connectivity index (χ2v) is 7.20. The molecule has 1 aliphatic carbocycles. The minimum Gasteiger partial charge on any atom is -0.326 e. The van der Waals surface area contributed by atoms with E-state index in [1.54, 1.807) is 0 Å². The monoisotopic (exact) mass is 312 g/mol. The molecule has 0 unspecified atom stereocenters. The van der Waals surface area contributed by atoms with Gasteiger partial charge in [-0.2, -0.15) is 0 Å². The minimum absolute atomic E-state index is 0.124. The second-order valence-electron chi connectivity index (χ2n) is 7.20. The molecule has 124 valence electrons. The largest absolute Gasteiger partial charge is 0.326 e. The predicted molar refractivity (Wildman–Crippen MR) is 95.2 cm³/mol. The van der Waals surface area contributed by atoms with Crippen LogP contribution in [0.2, 0.25) is 0 Å². The molecule has 1 fully saturated rings. The summed E-state index contributed by atoms with van der Waals surface area (Å²) in [6, 6.07) is 8.35. The standard InChI is InChI=1S/C20H28N2O/c1-16-5-4-12-22(14-16)15-18-8-10-19(11-9-18)21-20(23)13-17-6-2-3-7-17/h2,6,8-11,16-17H,3-5,7,12-15H2,1H3,(H,21,23)/t16-,17+/m1/s1. The Hall–Kier alpha value is -1.61. The fraction of sp³-hybridized carbons (Fsp3) is 0.550. The van der Waals surface area contributed by atoms with Gasteiger partial charge in [0.15, 0.2) is 0 Å². The first-order chi connectivity index (χ1) is 11.2. The number of carbonyl (C=O) groups excluding carboxylic acids is 1. The van der Waals surface area contributed by atoms with E-state index in [9.17, 15) is 4.79 Å². The van der Waals surface area contributed by atoms with Gasteiger partial charge >= 0.3 is 0 Å². The van der Waals surface area contributed by atoms with Gasteiger partial charge in [0, 0.05) is 25.2 Å². The van der Waals surface area contributed by atoms with Crippen molar-refractivity contribution >= 4 is 11.6 Å². The Morgan fingerprint density at radius 2 is 2.09 bits per heavy atom. The topological polar surface area (TPSA) is 32.3 Å². The van der Waals surface area contributed by atoms with E-state index >= 15 is 0 Å². The summed E-state index contributed by atoms with van der Waals surface area (Å²) in [4.78, 5) is 14.6. The summed E-state index contributed by atoms with van der Waals surface area (Å²) in [5.74, 6) is 1.36. The normalized spacial score (nSPS) is 24.7. The lowest BCUT2D eigenvalue weighted by Gasteiger charge is -2.30. The van der Waals surface area contributed by atoms with Gasteiger partial charge in [-0.05, 0) is 61.8 Å². The maximum absolute atomic E-state index is 12.1. The van der Waals surface area contributed by atoms with E-state index in [-0.39, 0.29) is 5.91 Å². The molecule has 2 atom stereocenters. The number of nitrogens with zero attached hydrogens (tertiary/aromatic N) is 1. The van der Waals surface area contributed by atoms with Crippen LogP contribution in [0.1, 0.15) is 44.6 Å². The van der Waals surface area contributed by atoms with Crippen LogP contribution in [0.25, 0.3) is 0 Å². The number of rotatable bonds is 5. The fourth-order valence-corrected chi connectivity index (χ4v) is 3.70. The van der Waals surface area contributed by atoms with Crippen LogP contribution in [0.15, 0.2) is 36.4 Å². The molecule has 0 spiro atoms. The molecular weight excluding hydrogens is 284 g/mol. The number of benzene rings is 1. The lowest BCUT2D eigenvalue weighted by molar-refractivity contribution is -0.116. The summed E-state index contributed by atoms with van der Waals surface area (Å²) in [5, 5.41) is 3.02. The van der Waals surface area contributed by atoms with Crippen LogP contribution >= 0.6 is 0 Å². The number of carbonyl (C=O) groups is 1. The number of hydrogen-bond acceptors (Lipinski definition) is 2. The van der Waals surface area contributed by atoms with Crippen molar-refractivity contribution in [2.24, 2.45) is 11.8 Å². The number of likely N-dealkylation sites (tertiary alicyclic amines) is 1. The molecule has 23 heavy (non-hydrogen) atoms. The smallest absolute Gasteiger partial charge is 0.224 e. The molecule has 1 aliphatic heterocycles. The molecular formula is C20H28N2O. The summed E-state index contributed by atoms with van der Waals surface area (Å²) in [6.07, 6.45) is 9.84. The first-order valence-corrected chi connectivity index (χ1v) is 8.97. The molecule has 1 amide bonds. The maximum atomic E-state index is 12.1. The minimum atomic E-state index is 0.124. The third kappa shape index (κ3) is 4.93. The molecule has 3 rings (SSSR count). The first-order valence-electron chi connectivity index (χ1n) is 8.97. The van der Waals surface area contributed by atoms with Gasteiger partial charge in [0.25, 0.3) is 0 Å². The van der Waals surface area contributed by atoms with E-state index in [0.717, 1.165) is 31.0 Å². The van der Waals surface area contributed by atoms with E-state index in [1.807, 2.05) is 12.1 Å². The summed E-state index contributed by atoms with van der Waals surface area (Å²) in [5.41, 5.74) is 2.24. The van der Waals surface area contributed by atoms with E-state index in [2.05, 4.69) is 41.4 Å². The van der Waals surface area contributed by atoms with Gasteiger partial charge in [0.05, 0.1) is 0 Å². The van der Waals surface area contributed by atoms with Crippen LogP contribution in [-0.4, -0.2) is 23.9 Å². The molecule has 1 aromatic carbocycles. The summed E-state index contributed by atoms with van der Waals surface area (Å²) in [6.45, 7) is 5.76. The summed E-state index contributed by atoms with van der Waals surface area (Å²) < 4.78 is 0. The predicted octanol–water partition coefficient (Wildman–Crippen LogP) is 4.21. The zero-order chi connectivity index (χ0) is 16.1. The van der Waals surface area contributed by atoms with Crippen molar-refractivity contribution < 1.29 is 4.79 Å². The summed E-state index contributed by atoms with van der Waals surface area (Å²) in [7, 11) is 0. The van der Waals surface area contributed by atoms with Crippen LogP contribution in [0.4, 0.5) is 5.69 Å². The van der Waals surface area contributed by atoms with E-state index in [0.29, 0.717) is 12.3 Å². The van der Waals surface area contributed by atoms with Crippen molar-refractivity contribution in [3.63, 3.8) is 0 Å². The molecule has 2 aliphatic rings. The zero-order valence-corrected chi connectivity index (χ0v) is 14.1. The highest BCUT2D eigenvalue weighted by molar-refractivity contribution is 5.91. The molecule has 1 aromatic rings. The van der Waals surface area contributed by atoms with Gasteiger partial charge in [-0.25, -0.2) is 0 Å². The number of anilines is 1. The van der Waals surface area contributed by atoms with Crippen LogP contribution in [0, 0.1) is 11.8 Å². The van der Waals surface area contributed by atoms with Crippen molar-refractivity contribution in [2.75, 3.05) is 18.4 Å². The lowest BCUT2D eigenvalue weighted by Crippen LogP contribution is -2.33. The van der Waals surface area contributed by atoms with Crippen LogP contribution in [0.3, 0.4) is 0 Å². The van der Waals surface area contributed by atoms with E-state index in [4.69, 9.17) is 0 Å². The fourth-order valence-electron chi connectivity index (χ4n) is 3.70. The molecule has 0 saturated carbocycles. The van der Waals surface area contributed by atoms with Crippen LogP contribution in [-0.2, 0) is 11.3 Å². The molecule has 0 radical (unpaired) electrons. The molecule has 3 nitrogen and oxygen atoms in total. The highest BCUT2D eigenvalue weighted by Gasteiger charge is 2.16. The third-order valence-corrected chi connectivity index (χ3v) is 4.94. The molecule has 3 heteroatoms. The van der Waals surface area contributed by atoms with Crippen molar-refractivity contribution in [3.05, 3.63) is 42.0 Å². The Morgan fingerprint density at radius 3 is 2.78 bits per heavy atom. The third-order valence-electron chi connectivity index (χ3n) is 4.94. The Morgan fingerprint density at radius 1 is 1.26 bits per heavy atom. The number of piperidine rings is 1. The quantitative estimate of drug-likeness (QED) is 0.826. The highest BCUT2D eigenvalue weighted by Crippen LogP contribution is 2.22. The van der Waals surface area contributed by atoms with Crippen molar-refractivity contribution in [3.8, 4) is 0 Å². The Bertz CT molecular complexity index is 549. The van der Waals surface area contributed by atoms with E-state index < -0.39 is 0 Å².